The molecule has 1 nitrogen and oxygen atoms in total. The molecule has 0 bridgehead atoms. The lowest BCUT2D eigenvalue weighted by Gasteiger charge is -2.32. The van der Waals surface area contributed by atoms with Crippen molar-refractivity contribution in [3.8, 4) is 17.6 Å². The van der Waals surface area contributed by atoms with Gasteiger partial charge >= 0.3 is 6.36 Å². The van der Waals surface area contributed by atoms with Crippen molar-refractivity contribution in [2.45, 2.75) is 71.6 Å². The van der Waals surface area contributed by atoms with Crippen LogP contribution >= 0.6 is 0 Å². The maximum Gasteiger partial charge on any atom is 0.573 e. The standard InChI is InChI=1S/C28H29F7O/c1-3-4-5-18-6-9-21(10-7-18)17(2)12-20-15-23(29)22(24(30)16-20)11-8-19-13-25(31)27(26(32)14-19)36-28(33,34)35/h13-18,21H,3-7,9-10,12H2,1-2H3. The highest BCUT2D eigenvalue weighted by Gasteiger charge is 2.34. The van der Waals surface area contributed by atoms with Crippen molar-refractivity contribution in [3.63, 3.8) is 0 Å². The smallest absolute Gasteiger partial charge is 0.399 e. The van der Waals surface area contributed by atoms with Crippen LogP contribution in [0.1, 0.15) is 75.5 Å². The van der Waals surface area contributed by atoms with Gasteiger partial charge in [0.15, 0.2) is 11.6 Å². The molecule has 0 saturated heterocycles. The van der Waals surface area contributed by atoms with E-state index in [0.29, 0.717) is 30.0 Å². The van der Waals surface area contributed by atoms with Gasteiger partial charge in [0.2, 0.25) is 5.75 Å². The van der Waals surface area contributed by atoms with E-state index in [9.17, 15) is 30.7 Å². The molecular weight excluding hydrogens is 485 g/mol. The van der Waals surface area contributed by atoms with E-state index < -0.39 is 46.5 Å². The number of unbranched alkanes of at least 4 members (excludes halogenated alkanes) is 1. The molecule has 0 spiro atoms. The fraction of sp³-hybridized carbons (Fsp3) is 0.500. The highest BCUT2D eigenvalue weighted by Crippen LogP contribution is 2.37. The number of benzene rings is 2. The molecule has 1 aliphatic carbocycles. The SMILES string of the molecule is CCCCC1CCC(C(C)Cc2cc(F)c(C#Cc3cc(F)c(OC(F)(F)F)c(F)c3)c(F)c2)CC1. The third kappa shape index (κ3) is 7.65. The van der Waals surface area contributed by atoms with Gasteiger partial charge in [-0.1, -0.05) is 57.8 Å². The molecule has 3 rings (SSSR count). The lowest BCUT2D eigenvalue weighted by atomic mass is 9.73. The molecule has 0 aromatic heterocycles. The van der Waals surface area contributed by atoms with Crippen LogP contribution in [0, 0.1) is 52.9 Å². The van der Waals surface area contributed by atoms with E-state index >= 15 is 0 Å². The molecule has 196 valence electrons. The number of rotatable bonds is 7. The minimum absolute atomic E-state index is 0.260. The second-order valence-corrected chi connectivity index (χ2v) is 9.61. The van der Waals surface area contributed by atoms with E-state index in [2.05, 4.69) is 30.4 Å². The van der Waals surface area contributed by atoms with Gasteiger partial charge in [0.1, 0.15) is 11.6 Å². The van der Waals surface area contributed by atoms with Crippen LogP contribution in [0.5, 0.6) is 5.75 Å². The lowest BCUT2D eigenvalue weighted by molar-refractivity contribution is -0.276. The molecule has 1 fully saturated rings. The van der Waals surface area contributed by atoms with E-state index in [1.165, 1.54) is 44.2 Å². The third-order valence-electron chi connectivity index (χ3n) is 6.87. The molecule has 0 amide bonds. The van der Waals surface area contributed by atoms with Crippen LogP contribution < -0.4 is 4.74 Å². The van der Waals surface area contributed by atoms with E-state index in [1.807, 2.05) is 0 Å². The first-order valence-corrected chi connectivity index (χ1v) is 12.2. The molecule has 8 heteroatoms. The van der Waals surface area contributed by atoms with Crippen molar-refractivity contribution in [2.24, 2.45) is 17.8 Å². The van der Waals surface area contributed by atoms with Gasteiger partial charge < -0.3 is 4.74 Å². The Morgan fingerprint density at radius 1 is 0.889 bits per heavy atom. The zero-order valence-electron chi connectivity index (χ0n) is 20.3. The van der Waals surface area contributed by atoms with Crippen LogP contribution in [0.3, 0.4) is 0 Å². The predicted octanol–water partition coefficient (Wildman–Crippen LogP) is 8.72. The molecule has 1 unspecified atom stereocenters. The Labute approximate surface area is 207 Å². The van der Waals surface area contributed by atoms with E-state index in [0.717, 1.165) is 18.8 Å². The maximum atomic E-state index is 14.6. The van der Waals surface area contributed by atoms with Gasteiger partial charge in [-0.3, -0.25) is 0 Å². The van der Waals surface area contributed by atoms with Crippen LogP contribution in [0.2, 0.25) is 0 Å². The Bertz CT molecular complexity index is 1060. The molecule has 1 aliphatic rings. The highest BCUT2D eigenvalue weighted by atomic mass is 19.4. The van der Waals surface area contributed by atoms with Gasteiger partial charge in [0.05, 0.1) is 5.56 Å². The second-order valence-electron chi connectivity index (χ2n) is 9.61. The summed E-state index contributed by atoms with van der Waals surface area (Å²) in [5.74, 6) is -0.800. The Morgan fingerprint density at radius 3 is 2.00 bits per heavy atom. The summed E-state index contributed by atoms with van der Waals surface area (Å²) in [4.78, 5) is 0. The molecule has 1 saturated carbocycles. The summed E-state index contributed by atoms with van der Waals surface area (Å²) >= 11 is 0. The number of halogens is 7. The predicted molar refractivity (Wildman–Crippen MR) is 123 cm³/mol. The monoisotopic (exact) mass is 514 g/mol. The van der Waals surface area contributed by atoms with Crippen LogP contribution in [0.15, 0.2) is 24.3 Å². The van der Waals surface area contributed by atoms with Gasteiger partial charge in [0.25, 0.3) is 0 Å². The number of ether oxygens (including phenoxy) is 1. The summed E-state index contributed by atoms with van der Waals surface area (Å²) < 4.78 is 97.1. The first-order valence-electron chi connectivity index (χ1n) is 12.2. The molecule has 0 radical (unpaired) electrons. The average Bonchev–Trinajstić information content (AvgIpc) is 2.79. The molecule has 2 aromatic carbocycles. The van der Waals surface area contributed by atoms with Crippen LogP contribution in [-0.4, -0.2) is 6.36 Å². The van der Waals surface area contributed by atoms with Crippen molar-refractivity contribution in [1.29, 1.82) is 0 Å². The van der Waals surface area contributed by atoms with E-state index in [4.69, 9.17) is 0 Å². The van der Waals surface area contributed by atoms with Gasteiger partial charge in [-0.15, -0.1) is 13.2 Å². The summed E-state index contributed by atoms with van der Waals surface area (Å²) in [6, 6.07) is 3.41. The Hall–Kier alpha value is -2.69. The number of alkyl halides is 3. The summed E-state index contributed by atoms with van der Waals surface area (Å²) in [7, 11) is 0. The normalized spacial score (nSPS) is 18.9. The topological polar surface area (TPSA) is 9.23 Å². The Morgan fingerprint density at radius 2 is 1.47 bits per heavy atom. The third-order valence-corrected chi connectivity index (χ3v) is 6.87. The van der Waals surface area contributed by atoms with Crippen molar-refractivity contribution in [3.05, 3.63) is 64.2 Å². The summed E-state index contributed by atoms with van der Waals surface area (Å²) in [6.07, 6.45) is 3.56. The maximum absolute atomic E-state index is 14.6. The van der Waals surface area contributed by atoms with Crippen molar-refractivity contribution in [1.82, 2.24) is 0 Å². The van der Waals surface area contributed by atoms with Gasteiger partial charge in [0, 0.05) is 5.56 Å². The minimum Gasteiger partial charge on any atom is -0.399 e. The van der Waals surface area contributed by atoms with E-state index in [-0.39, 0.29) is 5.92 Å². The second kappa shape index (κ2) is 12.0. The zero-order valence-corrected chi connectivity index (χ0v) is 20.3. The molecule has 2 aromatic rings. The average molecular weight is 515 g/mol. The Kier molecular flexibility index (Phi) is 9.32. The van der Waals surface area contributed by atoms with Gasteiger partial charge in [-0.25, -0.2) is 17.6 Å². The van der Waals surface area contributed by atoms with Crippen molar-refractivity contribution < 1.29 is 35.5 Å². The van der Waals surface area contributed by atoms with Crippen LogP contribution in [0.4, 0.5) is 30.7 Å². The highest BCUT2D eigenvalue weighted by molar-refractivity contribution is 5.47. The summed E-state index contributed by atoms with van der Waals surface area (Å²) in [6.45, 7) is 4.28. The van der Waals surface area contributed by atoms with Crippen molar-refractivity contribution in [2.75, 3.05) is 0 Å². The Balaban J connectivity index is 1.68. The molecule has 0 N–H and O–H groups in total. The van der Waals surface area contributed by atoms with Gasteiger partial charge in [-0.05, 0) is 66.8 Å². The fourth-order valence-corrected chi connectivity index (χ4v) is 4.92. The largest absolute Gasteiger partial charge is 0.573 e. The minimum atomic E-state index is -5.28. The first-order chi connectivity index (χ1) is 17.0. The zero-order chi connectivity index (χ0) is 26.5. The van der Waals surface area contributed by atoms with Crippen LogP contribution in [0.25, 0.3) is 0 Å². The summed E-state index contributed by atoms with van der Waals surface area (Å²) in [5.41, 5.74) is -0.480. The number of hydrogen-bond donors (Lipinski definition) is 0. The molecule has 0 aliphatic heterocycles. The molecule has 0 heterocycles. The summed E-state index contributed by atoms with van der Waals surface area (Å²) in [5, 5.41) is 0. The number of hydrogen-bond acceptors (Lipinski definition) is 1. The quantitative estimate of drug-likeness (QED) is 0.265. The van der Waals surface area contributed by atoms with E-state index in [1.54, 1.807) is 0 Å². The molecule has 1 atom stereocenters. The lowest BCUT2D eigenvalue weighted by Crippen LogP contribution is -2.21. The van der Waals surface area contributed by atoms with Crippen LogP contribution in [-0.2, 0) is 6.42 Å². The first kappa shape index (κ1) is 27.9. The fourth-order valence-electron chi connectivity index (χ4n) is 4.92. The molecule has 36 heavy (non-hydrogen) atoms. The van der Waals surface area contributed by atoms with Gasteiger partial charge in [-0.2, -0.15) is 0 Å². The molecular formula is C28H29F7O. The van der Waals surface area contributed by atoms with Crippen molar-refractivity contribution >= 4 is 0 Å².